The summed E-state index contributed by atoms with van der Waals surface area (Å²) in [5, 5.41) is 17.6. The number of nitrogens with two attached hydrogens (primary N) is 1. The fourth-order valence-electron chi connectivity index (χ4n) is 1.74. The Kier molecular flexibility index (Phi) is 2.07. The van der Waals surface area contributed by atoms with Crippen LogP contribution in [-0.4, -0.2) is 27.7 Å². The lowest BCUT2D eigenvalue weighted by atomic mass is 9.86. The molecule has 0 aromatic rings. The van der Waals surface area contributed by atoms with Crippen LogP contribution in [0.4, 0.5) is 0 Å². The molecule has 1 aliphatic carbocycles. The van der Waals surface area contributed by atoms with E-state index < -0.39 is 22.9 Å². The molecule has 0 bridgehead atoms. The highest BCUT2D eigenvalue weighted by Gasteiger charge is 2.51. The smallest absolute Gasteiger partial charge is 0.323 e. The molecule has 0 saturated heterocycles. The van der Waals surface area contributed by atoms with E-state index >= 15 is 0 Å². The Bertz CT molecular complexity index is 239. The predicted molar refractivity (Wildman–Crippen MR) is 44.1 cm³/mol. The zero-order chi connectivity index (χ0) is 10.3. The maximum absolute atomic E-state index is 10.8. The third kappa shape index (κ3) is 1.51. The summed E-state index contributed by atoms with van der Waals surface area (Å²) in [6, 6.07) is 0. The van der Waals surface area contributed by atoms with E-state index in [1.165, 1.54) is 6.92 Å². The van der Waals surface area contributed by atoms with E-state index in [0.717, 1.165) is 0 Å². The van der Waals surface area contributed by atoms with Crippen LogP contribution in [0, 0.1) is 5.41 Å². The molecular weight excluding hydrogens is 174 g/mol. The molecule has 0 aliphatic heterocycles. The Labute approximate surface area is 75.5 Å². The molecule has 0 aromatic carbocycles. The zero-order valence-corrected chi connectivity index (χ0v) is 7.41. The first-order chi connectivity index (χ1) is 5.80. The van der Waals surface area contributed by atoms with Gasteiger partial charge in [-0.1, -0.05) is 0 Å². The van der Waals surface area contributed by atoms with Crippen LogP contribution >= 0.6 is 0 Å². The van der Waals surface area contributed by atoms with Crippen molar-refractivity contribution in [3.63, 3.8) is 0 Å². The van der Waals surface area contributed by atoms with E-state index in [-0.39, 0.29) is 12.8 Å². The van der Waals surface area contributed by atoms with Gasteiger partial charge in [0.2, 0.25) is 0 Å². The standard InChI is InChI=1S/C8H13NO4/c1-7(5(10)11)2-3-8(9,4-7)6(12)13/h2-4,9H2,1H3,(H,10,11)(H,12,13)/t7-,8+/m0/s1. The minimum Gasteiger partial charge on any atom is -0.481 e. The van der Waals surface area contributed by atoms with E-state index in [4.69, 9.17) is 15.9 Å². The highest BCUT2D eigenvalue weighted by molar-refractivity contribution is 5.83. The number of rotatable bonds is 2. The number of aliphatic carboxylic acids is 2. The van der Waals surface area contributed by atoms with Gasteiger partial charge in [0.15, 0.2) is 0 Å². The zero-order valence-electron chi connectivity index (χ0n) is 7.41. The van der Waals surface area contributed by atoms with E-state index in [0.29, 0.717) is 6.42 Å². The van der Waals surface area contributed by atoms with Crippen LogP contribution in [0.15, 0.2) is 0 Å². The fourth-order valence-corrected chi connectivity index (χ4v) is 1.74. The van der Waals surface area contributed by atoms with E-state index in [2.05, 4.69) is 0 Å². The molecule has 1 saturated carbocycles. The monoisotopic (exact) mass is 187 g/mol. The lowest BCUT2D eigenvalue weighted by Gasteiger charge is -2.21. The predicted octanol–water partition coefficient (Wildman–Crippen LogP) is 0.0433. The Hall–Kier alpha value is -1.10. The van der Waals surface area contributed by atoms with Gasteiger partial charge in [-0.2, -0.15) is 0 Å². The van der Waals surface area contributed by atoms with Crippen molar-refractivity contribution in [1.82, 2.24) is 0 Å². The Morgan fingerprint density at radius 2 is 1.77 bits per heavy atom. The Balaban J connectivity index is 2.85. The van der Waals surface area contributed by atoms with Gasteiger partial charge in [-0.15, -0.1) is 0 Å². The van der Waals surface area contributed by atoms with Crippen LogP contribution in [0.5, 0.6) is 0 Å². The molecule has 1 rings (SSSR count). The first-order valence-electron chi connectivity index (χ1n) is 4.06. The fraction of sp³-hybridized carbons (Fsp3) is 0.750. The Morgan fingerprint density at radius 1 is 1.23 bits per heavy atom. The second-order valence-electron chi connectivity index (χ2n) is 4.00. The molecule has 0 aromatic heterocycles. The highest BCUT2D eigenvalue weighted by atomic mass is 16.4. The van der Waals surface area contributed by atoms with Crippen molar-refractivity contribution in [2.24, 2.45) is 11.1 Å². The molecule has 1 aliphatic rings. The summed E-state index contributed by atoms with van der Waals surface area (Å²) in [4.78, 5) is 21.5. The van der Waals surface area contributed by atoms with Crippen molar-refractivity contribution in [3.8, 4) is 0 Å². The van der Waals surface area contributed by atoms with Crippen molar-refractivity contribution in [2.45, 2.75) is 31.7 Å². The molecule has 5 nitrogen and oxygen atoms in total. The third-order valence-corrected chi connectivity index (χ3v) is 2.77. The molecule has 0 unspecified atom stereocenters. The molecule has 1 fully saturated rings. The number of carbonyl (C=O) groups is 2. The summed E-state index contributed by atoms with van der Waals surface area (Å²) in [6.45, 7) is 1.53. The minimum atomic E-state index is -1.35. The van der Waals surface area contributed by atoms with Crippen LogP contribution in [0.25, 0.3) is 0 Å². The summed E-state index contributed by atoms with van der Waals surface area (Å²) in [6.07, 6.45) is 0.556. The van der Waals surface area contributed by atoms with Crippen LogP contribution in [0.2, 0.25) is 0 Å². The SMILES string of the molecule is C[C@]1(C(=O)O)CC[C@](N)(C(=O)O)C1. The van der Waals surface area contributed by atoms with Crippen LogP contribution in [-0.2, 0) is 9.59 Å². The summed E-state index contributed by atoms with van der Waals surface area (Å²) in [7, 11) is 0. The van der Waals surface area contributed by atoms with Crippen molar-refractivity contribution in [3.05, 3.63) is 0 Å². The molecular formula is C8H13NO4. The van der Waals surface area contributed by atoms with Gasteiger partial charge in [0.05, 0.1) is 5.41 Å². The molecule has 2 atom stereocenters. The number of hydrogen-bond donors (Lipinski definition) is 3. The lowest BCUT2D eigenvalue weighted by molar-refractivity contribution is -0.148. The van der Waals surface area contributed by atoms with Gasteiger partial charge in [0.25, 0.3) is 0 Å². The average molecular weight is 187 g/mol. The second kappa shape index (κ2) is 2.70. The second-order valence-corrected chi connectivity index (χ2v) is 4.00. The third-order valence-electron chi connectivity index (χ3n) is 2.77. The van der Waals surface area contributed by atoms with Gasteiger partial charge >= 0.3 is 11.9 Å². The van der Waals surface area contributed by atoms with Crippen molar-refractivity contribution in [2.75, 3.05) is 0 Å². The van der Waals surface area contributed by atoms with E-state index in [1.807, 2.05) is 0 Å². The summed E-state index contributed by atoms with van der Waals surface area (Å²) < 4.78 is 0. The van der Waals surface area contributed by atoms with Crippen molar-refractivity contribution >= 4 is 11.9 Å². The maximum atomic E-state index is 10.8. The summed E-state index contributed by atoms with van der Waals surface area (Å²) in [5.74, 6) is -2.08. The number of carboxylic acids is 2. The quantitative estimate of drug-likeness (QED) is 0.566. The van der Waals surface area contributed by atoms with Gasteiger partial charge in [0, 0.05) is 0 Å². The molecule has 4 N–H and O–H groups in total. The first kappa shape index (κ1) is 9.98. The Morgan fingerprint density at radius 3 is 2.00 bits per heavy atom. The molecule has 5 heteroatoms. The molecule has 0 spiro atoms. The minimum absolute atomic E-state index is 0.00463. The molecule has 0 amide bonds. The summed E-state index contributed by atoms with van der Waals surface area (Å²) >= 11 is 0. The van der Waals surface area contributed by atoms with Crippen LogP contribution in [0.3, 0.4) is 0 Å². The van der Waals surface area contributed by atoms with Gasteiger partial charge in [-0.05, 0) is 26.2 Å². The molecule has 74 valence electrons. The van der Waals surface area contributed by atoms with Crippen molar-refractivity contribution in [1.29, 1.82) is 0 Å². The van der Waals surface area contributed by atoms with Gasteiger partial charge < -0.3 is 15.9 Å². The van der Waals surface area contributed by atoms with Gasteiger partial charge in [0.1, 0.15) is 5.54 Å². The first-order valence-corrected chi connectivity index (χ1v) is 4.06. The van der Waals surface area contributed by atoms with Gasteiger partial charge in [-0.25, -0.2) is 0 Å². The molecule has 0 radical (unpaired) electrons. The number of carboxylic acid groups (broad SMARTS) is 2. The van der Waals surface area contributed by atoms with E-state index in [9.17, 15) is 9.59 Å². The highest BCUT2D eigenvalue weighted by Crippen LogP contribution is 2.42. The summed E-state index contributed by atoms with van der Waals surface area (Å²) in [5.41, 5.74) is 3.22. The maximum Gasteiger partial charge on any atom is 0.323 e. The molecule has 13 heavy (non-hydrogen) atoms. The van der Waals surface area contributed by atoms with Crippen LogP contribution < -0.4 is 5.73 Å². The van der Waals surface area contributed by atoms with E-state index in [1.54, 1.807) is 0 Å². The van der Waals surface area contributed by atoms with Crippen molar-refractivity contribution < 1.29 is 19.8 Å². The number of hydrogen-bond acceptors (Lipinski definition) is 3. The van der Waals surface area contributed by atoms with Crippen LogP contribution in [0.1, 0.15) is 26.2 Å². The normalized spacial score (nSPS) is 38.9. The topological polar surface area (TPSA) is 101 Å². The average Bonchev–Trinajstić information content (AvgIpc) is 2.30. The largest absolute Gasteiger partial charge is 0.481 e. The lowest BCUT2D eigenvalue weighted by Crippen LogP contribution is -2.46. The molecule has 0 heterocycles. The van der Waals surface area contributed by atoms with Gasteiger partial charge in [-0.3, -0.25) is 9.59 Å².